The zero-order valence-corrected chi connectivity index (χ0v) is 14.3. The minimum atomic E-state index is -0.0664. The van der Waals surface area contributed by atoms with Crippen LogP contribution in [0.15, 0.2) is 59.6 Å². The Hall–Kier alpha value is -2.73. The first-order valence-corrected chi connectivity index (χ1v) is 9.00. The fourth-order valence-corrected chi connectivity index (χ4v) is 3.35. The van der Waals surface area contributed by atoms with E-state index in [9.17, 15) is 4.79 Å². The normalized spacial score (nSPS) is 12.8. The average molecular weight is 353 g/mol. The number of hydrogen-bond donors (Lipinski definition) is 1. The van der Waals surface area contributed by atoms with E-state index < -0.39 is 0 Å². The van der Waals surface area contributed by atoms with Crippen LogP contribution in [0.2, 0.25) is 0 Å². The molecule has 25 heavy (non-hydrogen) atoms. The molecule has 2 N–H and O–H groups in total. The molecule has 5 nitrogen and oxygen atoms in total. The first-order valence-electron chi connectivity index (χ1n) is 8.01. The summed E-state index contributed by atoms with van der Waals surface area (Å²) in [6, 6.07) is 17.5. The summed E-state index contributed by atoms with van der Waals surface area (Å²) in [6.07, 6.45) is 0. The summed E-state index contributed by atoms with van der Waals surface area (Å²) in [5, 5.41) is 4.99. The van der Waals surface area contributed by atoms with Crippen LogP contribution in [0.4, 0.5) is 5.69 Å². The SMILES string of the molecule is O=C(CSc1ccc2ccccc2[nH+]1)Nc1ccc2c(c1)OCCO2. The van der Waals surface area contributed by atoms with Crippen LogP contribution in [-0.2, 0) is 4.79 Å². The molecule has 0 unspecified atom stereocenters. The molecule has 0 fully saturated rings. The third kappa shape index (κ3) is 3.69. The molecule has 0 saturated carbocycles. The molecule has 2 heterocycles. The van der Waals surface area contributed by atoms with Crippen LogP contribution >= 0.6 is 11.8 Å². The smallest absolute Gasteiger partial charge is 0.239 e. The van der Waals surface area contributed by atoms with Crippen molar-refractivity contribution in [2.45, 2.75) is 5.03 Å². The second-order valence-corrected chi connectivity index (χ2v) is 6.62. The van der Waals surface area contributed by atoms with Crippen molar-refractivity contribution in [3.8, 4) is 11.5 Å². The van der Waals surface area contributed by atoms with Crippen LogP contribution in [0, 0.1) is 0 Å². The number of hydrogen-bond acceptors (Lipinski definition) is 4. The fourth-order valence-electron chi connectivity index (χ4n) is 2.64. The van der Waals surface area contributed by atoms with Crippen LogP contribution < -0.4 is 19.8 Å². The van der Waals surface area contributed by atoms with E-state index in [1.54, 1.807) is 6.07 Å². The van der Waals surface area contributed by atoms with Gasteiger partial charge in [-0.1, -0.05) is 12.1 Å². The van der Waals surface area contributed by atoms with E-state index >= 15 is 0 Å². The van der Waals surface area contributed by atoms with Gasteiger partial charge in [-0.25, -0.2) is 0 Å². The summed E-state index contributed by atoms with van der Waals surface area (Å²) in [7, 11) is 0. The molecule has 0 saturated heterocycles. The average Bonchev–Trinajstić information content (AvgIpc) is 2.66. The summed E-state index contributed by atoms with van der Waals surface area (Å²) in [6.45, 7) is 1.08. The van der Waals surface area contributed by atoms with E-state index in [0.29, 0.717) is 36.2 Å². The summed E-state index contributed by atoms with van der Waals surface area (Å²) in [4.78, 5) is 15.5. The van der Waals surface area contributed by atoms with Crippen LogP contribution in [0.1, 0.15) is 0 Å². The molecule has 2 aromatic carbocycles. The highest BCUT2D eigenvalue weighted by molar-refractivity contribution is 7.99. The lowest BCUT2D eigenvalue weighted by Gasteiger charge is -2.18. The number of amides is 1. The predicted octanol–water partition coefficient (Wildman–Crippen LogP) is 3.16. The highest BCUT2D eigenvalue weighted by Crippen LogP contribution is 2.32. The second-order valence-electron chi connectivity index (χ2n) is 5.61. The number of thioether (sulfide) groups is 1. The molecular weight excluding hydrogens is 336 g/mol. The first-order chi connectivity index (χ1) is 12.3. The number of fused-ring (bicyclic) bond motifs is 2. The standard InChI is InChI=1S/C19H16N2O3S/c22-18(20-14-6-7-16-17(11-14)24-10-9-23-16)12-25-19-8-5-13-3-1-2-4-15(13)21-19/h1-8,11H,9-10,12H2,(H,20,22)/p+1. The van der Waals surface area contributed by atoms with E-state index in [2.05, 4.69) is 16.4 Å². The maximum absolute atomic E-state index is 12.2. The predicted molar refractivity (Wildman–Crippen MR) is 97.3 cm³/mol. The van der Waals surface area contributed by atoms with Crippen LogP contribution in [0.5, 0.6) is 11.5 Å². The molecule has 6 heteroatoms. The Labute approximate surface area is 149 Å². The Bertz CT molecular complexity index is 929. The number of rotatable bonds is 4. The van der Waals surface area contributed by atoms with Crippen LogP contribution in [0.3, 0.4) is 0 Å². The molecule has 3 aromatic rings. The zero-order chi connectivity index (χ0) is 17.1. The number of carbonyl (C=O) groups is 1. The Kier molecular flexibility index (Phi) is 4.43. The van der Waals surface area contributed by atoms with Gasteiger partial charge >= 0.3 is 0 Å². The highest BCUT2D eigenvalue weighted by atomic mass is 32.2. The quantitative estimate of drug-likeness (QED) is 0.732. The van der Waals surface area contributed by atoms with Crippen molar-refractivity contribution in [1.29, 1.82) is 0 Å². The minimum absolute atomic E-state index is 0.0664. The number of carbonyl (C=O) groups excluding carboxylic acids is 1. The third-order valence-corrected chi connectivity index (χ3v) is 4.77. The minimum Gasteiger partial charge on any atom is -0.486 e. The lowest BCUT2D eigenvalue weighted by Crippen LogP contribution is -2.17. The van der Waals surface area contributed by atoms with Crippen molar-refractivity contribution in [2.75, 3.05) is 24.3 Å². The number of nitrogens with one attached hydrogen (secondary N) is 2. The van der Waals surface area contributed by atoms with Crippen molar-refractivity contribution >= 4 is 34.3 Å². The topological polar surface area (TPSA) is 61.7 Å². The summed E-state index contributed by atoms with van der Waals surface area (Å²) in [5.41, 5.74) is 1.76. The second kappa shape index (κ2) is 7.03. The molecular formula is C19H17N2O3S+. The largest absolute Gasteiger partial charge is 0.486 e. The Morgan fingerprint density at radius 1 is 1.04 bits per heavy atom. The van der Waals surface area contributed by atoms with Gasteiger partial charge in [-0.3, -0.25) is 4.79 Å². The van der Waals surface area contributed by atoms with Crippen molar-refractivity contribution in [3.63, 3.8) is 0 Å². The van der Waals surface area contributed by atoms with Gasteiger partial charge in [0.25, 0.3) is 0 Å². The van der Waals surface area contributed by atoms with Gasteiger partial charge in [0.2, 0.25) is 16.4 Å². The summed E-state index contributed by atoms with van der Waals surface area (Å²) in [5.74, 6) is 1.63. The van der Waals surface area contributed by atoms with Crippen LogP contribution in [-0.4, -0.2) is 24.9 Å². The molecule has 1 aromatic heterocycles. The number of anilines is 1. The van der Waals surface area contributed by atoms with Gasteiger partial charge < -0.3 is 14.8 Å². The van der Waals surface area contributed by atoms with Crippen molar-refractivity contribution < 1.29 is 19.3 Å². The van der Waals surface area contributed by atoms with E-state index in [1.807, 2.05) is 42.5 Å². The molecule has 1 aliphatic rings. The molecule has 1 aliphatic heterocycles. The Morgan fingerprint density at radius 2 is 1.88 bits per heavy atom. The summed E-state index contributed by atoms with van der Waals surface area (Å²) >= 11 is 1.47. The van der Waals surface area contributed by atoms with Gasteiger partial charge in [0.1, 0.15) is 13.2 Å². The monoisotopic (exact) mass is 353 g/mol. The van der Waals surface area contributed by atoms with Crippen molar-refractivity contribution in [3.05, 3.63) is 54.6 Å². The molecule has 0 spiro atoms. The molecule has 4 rings (SSSR count). The molecule has 0 radical (unpaired) electrons. The third-order valence-electron chi connectivity index (χ3n) is 3.82. The van der Waals surface area contributed by atoms with E-state index in [-0.39, 0.29) is 5.91 Å². The number of aromatic amines is 1. The maximum Gasteiger partial charge on any atom is 0.239 e. The molecule has 1 amide bonds. The molecule has 0 aliphatic carbocycles. The van der Waals surface area contributed by atoms with Crippen LogP contribution in [0.25, 0.3) is 10.9 Å². The molecule has 0 atom stereocenters. The number of para-hydroxylation sites is 1. The zero-order valence-electron chi connectivity index (χ0n) is 13.5. The van der Waals surface area contributed by atoms with Gasteiger partial charge in [0, 0.05) is 29.3 Å². The Morgan fingerprint density at radius 3 is 2.80 bits per heavy atom. The van der Waals surface area contributed by atoms with E-state index in [1.165, 1.54) is 11.8 Å². The number of benzene rings is 2. The van der Waals surface area contributed by atoms with Gasteiger partial charge in [-0.05, 0) is 36.0 Å². The number of pyridine rings is 1. The van der Waals surface area contributed by atoms with Gasteiger partial charge in [-0.15, -0.1) is 0 Å². The molecule has 0 bridgehead atoms. The fraction of sp³-hybridized carbons (Fsp3) is 0.158. The number of aromatic nitrogens is 1. The van der Waals surface area contributed by atoms with Gasteiger partial charge in [0.15, 0.2) is 11.5 Å². The van der Waals surface area contributed by atoms with Gasteiger partial charge in [-0.2, -0.15) is 4.98 Å². The first kappa shape index (κ1) is 15.8. The van der Waals surface area contributed by atoms with Gasteiger partial charge in [0.05, 0.1) is 5.75 Å². The highest BCUT2D eigenvalue weighted by Gasteiger charge is 2.14. The number of H-pyrrole nitrogens is 1. The van der Waals surface area contributed by atoms with Crippen molar-refractivity contribution in [1.82, 2.24) is 0 Å². The molecule has 126 valence electrons. The Balaban J connectivity index is 1.38. The summed E-state index contributed by atoms with van der Waals surface area (Å²) < 4.78 is 11.0. The van der Waals surface area contributed by atoms with Crippen molar-refractivity contribution in [2.24, 2.45) is 0 Å². The van der Waals surface area contributed by atoms with E-state index in [4.69, 9.17) is 9.47 Å². The number of ether oxygens (including phenoxy) is 2. The lowest BCUT2D eigenvalue weighted by atomic mass is 10.2. The lowest BCUT2D eigenvalue weighted by molar-refractivity contribution is -0.395. The van der Waals surface area contributed by atoms with E-state index in [0.717, 1.165) is 15.9 Å². The maximum atomic E-state index is 12.2.